The van der Waals surface area contributed by atoms with Gasteiger partial charge in [-0.2, -0.15) is 0 Å². The lowest BCUT2D eigenvalue weighted by Gasteiger charge is -2.24. The first kappa shape index (κ1) is 17.9. The van der Waals surface area contributed by atoms with E-state index in [4.69, 9.17) is 4.42 Å². The summed E-state index contributed by atoms with van der Waals surface area (Å²) in [5, 5.41) is 13.9. The Labute approximate surface area is 139 Å². The van der Waals surface area contributed by atoms with Crippen LogP contribution in [0.4, 0.5) is 0 Å². The summed E-state index contributed by atoms with van der Waals surface area (Å²) < 4.78 is 5.32. The highest BCUT2D eigenvalue weighted by atomic mass is 16.4. The van der Waals surface area contributed by atoms with Crippen molar-refractivity contribution < 1.29 is 9.52 Å². The molecule has 2 heterocycles. The molecule has 0 bridgehead atoms. The predicted molar refractivity (Wildman–Crippen MR) is 93.4 cm³/mol. The third kappa shape index (κ3) is 4.99. The molecule has 1 saturated heterocycles. The molecule has 5 nitrogen and oxygen atoms in total. The fraction of sp³-hybridized carbons (Fsp3) is 0.722. The minimum atomic E-state index is -1.08. The zero-order valence-electron chi connectivity index (χ0n) is 14.9. The first-order valence-corrected chi connectivity index (χ1v) is 8.72. The molecule has 0 saturated carbocycles. The number of aliphatic hydroxyl groups is 1. The molecule has 0 amide bonds. The lowest BCUT2D eigenvalue weighted by atomic mass is 9.97. The normalized spacial score (nSPS) is 21.7. The van der Waals surface area contributed by atoms with Crippen LogP contribution in [0.5, 0.6) is 0 Å². The lowest BCUT2D eigenvalue weighted by Crippen LogP contribution is -2.41. The summed E-state index contributed by atoms with van der Waals surface area (Å²) in [4.78, 5) is 6.97. The van der Waals surface area contributed by atoms with Gasteiger partial charge in [0.05, 0.1) is 12.8 Å². The van der Waals surface area contributed by atoms with E-state index in [1.54, 1.807) is 25.3 Å². The molecule has 2 unspecified atom stereocenters. The zero-order valence-corrected chi connectivity index (χ0v) is 14.9. The average molecular weight is 321 g/mol. The summed E-state index contributed by atoms with van der Waals surface area (Å²) in [5.41, 5.74) is -1.08. The van der Waals surface area contributed by atoms with Gasteiger partial charge in [-0.05, 0) is 50.7 Å². The Bertz CT molecular complexity index is 494. The van der Waals surface area contributed by atoms with Gasteiger partial charge >= 0.3 is 0 Å². The number of rotatable bonds is 6. The largest absolute Gasteiger partial charge is 0.466 e. The highest BCUT2D eigenvalue weighted by molar-refractivity contribution is 5.80. The average Bonchev–Trinajstić information content (AvgIpc) is 3.14. The van der Waals surface area contributed by atoms with Gasteiger partial charge in [0.15, 0.2) is 5.96 Å². The Morgan fingerprint density at radius 1 is 1.57 bits per heavy atom. The van der Waals surface area contributed by atoms with E-state index in [0.29, 0.717) is 5.76 Å². The van der Waals surface area contributed by atoms with E-state index in [2.05, 4.69) is 36.0 Å². The van der Waals surface area contributed by atoms with Crippen LogP contribution in [-0.2, 0) is 5.60 Å². The Balaban J connectivity index is 2.01. The molecular weight excluding hydrogens is 290 g/mol. The highest BCUT2D eigenvalue weighted by Gasteiger charge is 2.28. The maximum atomic E-state index is 10.6. The van der Waals surface area contributed by atoms with Gasteiger partial charge in [-0.3, -0.25) is 0 Å². The standard InChI is InChI=1S/C18H31N3O2/c1-5-19-17(21-9-8-15(12-21)11-14(2)3)20-13-18(4,22)16-7-6-10-23-16/h6-7,10,14-15,22H,5,8-9,11-13H2,1-4H3,(H,19,20). The van der Waals surface area contributed by atoms with Crippen LogP contribution in [0.25, 0.3) is 0 Å². The van der Waals surface area contributed by atoms with Crippen molar-refractivity contribution in [2.45, 2.75) is 46.1 Å². The van der Waals surface area contributed by atoms with Crippen LogP contribution in [0, 0.1) is 11.8 Å². The van der Waals surface area contributed by atoms with Gasteiger partial charge in [0.2, 0.25) is 0 Å². The third-order valence-electron chi connectivity index (χ3n) is 4.31. The summed E-state index contributed by atoms with van der Waals surface area (Å²) in [6.45, 7) is 11.6. The lowest BCUT2D eigenvalue weighted by molar-refractivity contribution is 0.0435. The van der Waals surface area contributed by atoms with Crippen molar-refractivity contribution in [1.82, 2.24) is 10.2 Å². The first-order chi connectivity index (χ1) is 10.9. The second-order valence-corrected chi connectivity index (χ2v) is 7.15. The molecule has 0 aromatic carbocycles. The van der Waals surface area contributed by atoms with Crippen LogP contribution in [0.3, 0.4) is 0 Å². The molecule has 1 aromatic heterocycles. The Morgan fingerprint density at radius 3 is 2.96 bits per heavy atom. The maximum absolute atomic E-state index is 10.6. The number of guanidine groups is 1. The molecule has 23 heavy (non-hydrogen) atoms. The van der Waals surface area contributed by atoms with Crippen LogP contribution >= 0.6 is 0 Å². The fourth-order valence-corrected chi connectivity index (χ4v) is 3.20. The summed E-state index contributed by atoms with van der Waals surface area (Å²) in [6, 6.07) is 3.58. The number of furan rings is 1. The van der Waals surface area contributed by atoms with Crippen molar-refractivity contribution in [2.24, 2.45) is 16.8 Å². The van der Waals surface area contributed by atoms with Crippen LogP contribution in [0.15, 0.2) is 27.8 Å². The van der Waals surface area contributed by atoms with Crippen LogP contribution < -0.4 is 5.32 Å². The second-order valence-electron chi connectivity index (χ2n) is 7.15. The molecule has 0 aliphatic carbocycles. The number of hydrogen-bond donors (Lipinski definition) is 2. The Kier molecular flexibility index (Phi) is 6.10. The van der Waals surface area contributed by atoms with Gasteiger partial charge < -0.3 is 19.7 Å². The smallest absolute Gasteiger partial charge is 0.194 e. The molecule has 0 spiro atoms. The topological polar surface area (TPSA) is 61.0 Å². The van der Waals surface area contributed by atoms with E-state index < -0.39 is 5.60 Å². The van der Waals surface area contributed by atoms with Crippen molar-refractivity contribution in [3.8, 4) is 0 Å². The van der Waals surface area contributed by atoms with Gasteiger partial charge in [-0.25, -0.2) is 4.99 Å². The maximum Gasteiger partial charge on any atom is 0.194 e. The van der Waals surface area contributed by atoms with Gasteiger partial charge in [-0.15, -0.1) is 0 Å². The molecule has 1 aromatic rings. The predicted octanol–water partition coefficient (Wildman–Crippen LogP) is 2.82. The van der Waals surface area contributed by atoms with Gasteiger partial charge in [0, 0.05) is 19.6 Å². The van der Waals surface area contributed by atoms with Crippen LogP contribution in [0.2, 0.25) is 0 Å². The monoisotopic (exact) mass is 321 g/mol. The van der Waals surface area contributed by atoms with Crippen molar-refractivity contribution in [3.05, 3.63) is 24.2 Å². The molecule has 130 valence electrons. The van der Waals surface area contributed by atoms with Gasteiger partial charge in [0.25, 0.3) is 0 Å². The Morgan fingerprint density at radius 2 is 2.35 bits per heavy atom. The Hall–Kier alpha value is -1.49. The van der Waals surface area contributed by atoms with E-state index in [1.807, 2.05) is 0 Å². The van der Waals surface area contributed by atoms with Crippen LogP contribution in [0.1, 0.15) is 46.3 Å². The molecule has 1 fully saturated rings. The molecule has 1 aliphatic rings. The highest BCUT2D eigenvalue weighted by Crippen LogP contribution is 2.24. The number of aliphatic imine (C=N–C) groups is 1. The summed E-state index contributed by atoms with van der Waals surface area (Å²) >= 11 is 0. The van der Waals surface area contributed by atoms with Crippen molar-refractivity contribution in [2.75, 3.05) is 26.2 Å². The van der Waals surface area contributed by atoms with Crippen molar-refractivity contribution >= 4 is 5.96 Å². The molecule has 2 atom stereocenters. The molecular formula is C18H31N3O2. The SMILES string of the molecule is CCNC(=NCC(C)(O)c1ccco1)N1CCC(CC(C)C)C1. The van der Waals surface area contributed by atoms with E-state index in [0.717, 1.165) is 37.4 Å². The van der Waals surface area contributed by atoms with Crippen molar-refractivity contribution in [3.63, 3.8) is 0 Å². The zero-order chi connectivity index (χ0) is 16.9. The fourth-order valence-electron chi connectivity index (χ4n) is 3.20. The molecule has 1 aliphatic heterocycles. The minimum absolute atomic E-state index is 0.286. The first-order valence-electron chi connectivity index (χ1n) is 8.72. The number of hydrogen-bond acceptors (Lipinski definition) is 3. The molecule has 2 N–H and O–H groups in total. The quantitative estimate of drug-likeness (QED) is 0.625. The van der Waals surface area contributed by atoms with Crippen LogP contribution in [-0.4, -0.2) is 42.1 Å². The third-order valence-corrected chi connectivity index (χ3v) is 4.31. The van der Waals surface area contributed by atoms with E-state index in [1.165, 1.54) is 12.8 Å². The summed E-state index contributed by atoms with van der Waals surface area (Å²) in [7, 11) is 0. The summed E-state index contributed by atoms with van der Waals surface area (Å²) in [5.74, 6) is 2.92. The molecule has 5 heteroatoms. The molecule has 0 radical (unpaired) electrons. The number of likely N-dealkylation sites (tertiary alicyclic amines) is 1. The second kappa shape index (κ2) is 7.86. The number of nitrogens with zero attached hydrogens (tertiary/aromatic N) is 2. The summed E-state index contributed by atoms with van der Waals surface area (Å²) in [6.07, 6.45) is 4.06. The van der Waals surface area contributed by atoms with Gasteiger partial charge in [-0.1, -0.05) is 13.8 Å². The van der Waals surface area contributed by atoms with E-state index in [-0.39, 0.29) is 6.54 Å². The van der Waals surface area contributed by atoms with E-state index >= 15 is 0 Å². The number of nitrogens with one attached hydrogen (secondary N) is 1. The molecule has 2 rings (SSSR count). The van der Waals surface area contributed by atoms with Crippen molar-refractivity contribution in [1.29, 1.82) is 0 Å². The van der Waals surface area contributed by atoms with E-state index in [9.17, 15) is 5.11 Å². The minimum Gasteiger partial charge on any atom is -0.466 e. The van der Waals surface area contributed by atoms with Gasteiger partial charge in [0.1, 0.15) is 11.4 Å².